The fourth-order valence-electron chi connectivity index (χ4n) is 3.04. The van der Waals surface area contributed by atoms with E-state index < -0.39 is 4.92 Å². The Balaban J connectivity index is 1.88. The second-order valence-electron chi connectivity index (χ2n) is 6.38. The molecule has 3 aromatic rings. The Bertz CT molecular complexity index is 978. The largest absolute Gasteiger partial charge is 0.337 e. The van der Waals surface area contributed by atoms with Gasteiger partial charge in [-0.25, -0.2) is 4.68 Å². The molecule has 0 fully saturated rings. The molecule has 2 aromatic carbocycles. The Morgan fingerprint density at radius 2 is 1.74 bits per heavy atom. The van der Waals surface area contributed by atoms with Crippen LogP contribution >= 0.6 is 0 Å². The van der Waals surface area contributed by atoms with Crippen molar-refractivity contribution in [2.45, 2.75) is 20.4 Å². The summed E-state index contributed by atoms with van der Waals surface area (Å²) in [4.78, 5) is 25.0. The molecule has 1 aromatic heterocycles. The molecule has 7 nitrogen and oxygen atoms in total. The highest BCUT2D eigenvalue weighted by Gasteiger charge is 2.22. The highest BCUT2D eigenvalue weighted by Crippen LogP contribution is 2.22. The number of benzene rings is 2. The Hall–Kier alpha value is -3.48. The van der Waals surface area contributed by atoms with Gasteiger partial charge in [0, 0.05) is 25.7 Å². The van der Waals surface area contributed by atoms with E-state index in [0.29, 0.717) is 29.2 Å². The molecule has 0 unspecified atom stereocenters. The van der Waals surface area contributed by atoms with Gasteiger partial charge in [0.15, 0.2) is 0 Å². The summed E-state index contributed by atoms with van der Waals surface area (Å²) in [6.07, 6.45) is 0. The SMILES string of the molecule is Cc1nn(-c2ccc([N+](=O)[O-])cc2)c(C)c1C(=O)N(C)Cc1ccccc1. The molecule has 0 aliphatic rings. The lowest BCUT2D eigenvalue weighted by Gasteiger charge is -2.17. The third-order valence-electron chi connectivity index (χ3n) is 4.42. The van der Waals surface area contributed by atoms with Crippen molar-refractivity contribution < 1.29 is 9.72 Å². The monoisotopic (exact) mass is 364 g/mol. The summed E-state index contributed by atoms with van der Waals surface area (Å²) in [6.45, 7) is 4.12. The number of carbonyl (C=O) groups is 1. The van der Waals surface area contributed by atoms with Crippen molar-refractivity contribution in [2.24, 2.45) is 0 Å². The van der Waals surface area contributed by atoms with Crippen LogP contribution in [0.2, 0.25) is 0 Å². The zero-order chi connectivity index (χ0) is 19.6. The summed E-state index contributed by atoms with van der Waals surface area (Å²) >= 11 is 0. The van der Waals surface area contributed by atoms with Crippen molar-refractivity contribution in [3.8, 4) is 5.69 Å². The van der Waals surface area contributed by atoms with Crippen molar-refractivity contribution in [2.75, 3.05) is 7.05 Å². The van der Waals surface area contributed by atoms with E-state index in [1.165, 1.54) is 12.1 Å². The van der Waals surface area contributed by atoms with E-state index in [2.05, 4.69) is 5.10 Å². The molecule has 1 amide bonds. The van der Waals surface area contributed by atoms with Gasteiger partial charge >= 0.3 is 0 Å². The van der Waals surface area contributed by atoms with Gasteiger partial charge < -0.3 is 4.90 Å². The number of hydrogen-bond donors (Lipinski definition) is 0. The summed E-state index contributed by atoms with van der Waals surface area (Å²) in [5.41, 5.74) is 3.60. The molecule has 0 atom stereocenters. The van der Waals surface area contributed by atoms with E-state index in [0.717, 1.165) is 5.56 Å². The van der Waals surface area contributed by atoms with E-state index in [1.54, 1.807) is 35.7 Å². The third kappa shape index (κ3) is 3.72. The predicted octanol–water partition coefficient (Wildman–Crippen LogP) is 3.67. The molecule has 0 saturated carbocycles. The average molecular weight is 364 g/mol. The molecule has 7 heteroatoms. The molecule has 0 saturated heterocycles. The number of nitrogens with zero attached hydrogens (tertiary/aromatic N) is 4. The maximum atomic E-state index is 13.0. The molecule has 1 heterocycles. The number of aromatic nitrogens is 2. The molecule has 0 bridgehead atoms. The number of carbonyl (C=O) groups excluding carboxylic acids is 1. The first kappa shape index (κ1) is 18.3. The summed E-state index contributed by atoms with van der Waals surface area (Å²) < 4.78 is 1.64. The van der Waals surface area contributed by atoms with Crippen LogP contribution in [0.1, 0.15) is 27.3 Å². The normalized spacial score (nSPS) is 10.6. The molecular weight excluding hydrogens is 344 g/mol. The number of nitro groups is 1. The highest BCUT2D eigenvalue weighted by atomic mass is 16.6. The van der Waals surface area contributed by atoms with Crippen molar-refractivity contribution >= 4 is 11.6 Å². The van der Waals surface area contributed by atoms with Crippen LogP contribution in [0.25, 0.3) is 5.69 Å². The third-order valence-corrected chi connectivity index (χ3v) is 4.42. The van der Waals surface area contributed by atoms with Crippen LogP contribution in [0.5, 0.6) is 0 Å². The number of nitro benzene ring substituents is 1. The van der Waals surface area contributed by atoms with Gasteiger partial charge in [-0.2, -0.15) is 5.10 Å². The van der Waals surface area contributed by atoms with Crippen molar-refractivity contribution in [1.82, 2.24) is 14.7 Å². The Kier molecular flexibility index (Phi) is 5.03. The summed E-state index contributed by atoms with van der Waals surface area (Å²) in [5.74, 6) is -0.109. The van der Waals surface area contributed by atoms with Crippen molar-refractivity contribution in [3.05, 3.63) is 87.2 Å². The van der Waals surface area contributed by atoms with Gasteiger partial charge in [-0.05, 0) is 31.5 Å². The lowest BCUT2D eigenvalue weighted by molar-refractivity contribution is -0.384. The molecule has 3 rings (SSSR count). The number of amides is 1. The molecule has 0 aliphatic heterocycles. The van der Waals surface area contributed by atoms with Crippen LogP contribution in [0.15, 0.2) is 54.6 Å². The maximum Gasteiger partial charge on any atom is 0.269 e. The van der Waals surface area contributed by atoms with Crippen LogP contribution in [-0.2, 0) is 6.54 Å². The van der Waals surface area contributed by atoms with E-state index in [9.17, 15) is 14.9 Å². The van der Waals surface area contributed by atoms with Gasteiger partial charge in [0.05, 0.1) is 27.6 Å². The van der Waals surface area contributed by atoms with E-state index >= 15 is 0 Å². The first-order chi connectivity index (χ1) is 12.9. The first-order valence-electron chi connectivity index (χ1n) is 8.49. The highest BCUT2D eigenvalue weighted by molar-refractivity contribution is 5.96. The minimum absolute atomic E-state index is 0.0131. The van der Waals surface area contributed by atoms with E-state index in [1.807, 2.05) is 37.3 Å². The smallest absolute Gasteiger partial charge is 0.269 e. The Morgan fingerprint density at radius 3 is 2.33 bits per heavy atom. The van der Waals surface area contributed by atoms with Crippen molar-refractivity contribution in [3.63, 3.8) is 0 Å². The number of hydrogen-bond acceptors (Lipinski definition) is 4. The summed E-state index contributed by atoms with van der Waals surface area (Å²) in [6, 6.07) is 15.9. The standard InChI is InChI=1S/C20H20N4O3/c1-14-19(20(25)22(3)13-16-7-5-4-6-8-16)15(2)23(21-14)17-9-11-18(12-10-17)24(26)27/h4-12H,13H2,1-3H3. The van der Waals surface area contributed by atoms with Gasteiger partial charge in [-0.1, -0.05) is 30.3 Å². The van der Waals surface area contributed by atoms with E-state index in [-0.39, 0.29) is 11.6 Å². The molecule has 0 radical (unpaired) electrons. The molecule has 0 spiro atoms. The number of rotatable bonds is 5. The Labute approximate surface area is 157 Å². The van der Waals surface area contributed by atoms with Gasteiger partial charge in [-0.3, -0.25) is 14.9 Å². The maximum absolute atomic E-state index is 13.0. The van der Waals surface area contributed by atoms with Crippen LogP contribution in [-0.4, -0.2) is 32.6 Å². The van der Waals surface area contributed by atoms with Crippen LogP contribution in [0.4, 0.5) is 5.69 Å². The Morgan fingerprint density at radius 1 is 1.11 bits per heavy atom. The van der Waals surface area contributed by atoms with Crippen LogP contribution < -0.4 is 0 Å². The van der Waals surface area contributed by atoms with E-state index in [4.69, 9.17) is 0 Å². The van der Waals surface area contributed by atoms with Gasteiger partial charge in [0.1, 0.15) is 0 Å². The van der Waals surface area contributed by atoms with Crippen LogP contribution in [0, 0.1) is 24.0 Å². The second-order valence-corrected chi connectivity index (χ2v) is 6.38. The fraction of sp³-hybridized carbons (Fsp3) is 0.200. The minimum Gasteiger partial charge on any atom is -0.337 e. The summed E-state index contributed by atoms with van der Waals surface area (Å²) in [7, 11) is 1.76. The molecular formula is C20H20N4O3. The quantitative estimate of drug-likeness (QED) is 0.511. The zero-order valence-electron chi connectivity index (χ0n) is 15.4. The molecule has 0 aliphatic carbocycles. The fourth-order valence-corrected chi connectivity index (χ4v) is 3.04. The number of aryl methyl sites for hydroxylation is 1. The van der Waals surface area contributed by atoms with Crippen LogP contribution in [0.3, 0.4) is 0 Å². The van der Waals surface area contributed by atoms with Gasteiger partial charge in [0.25, 0.3) is 11.6 Å². The number of non-ortho nitro benzene ring substituents is 1. The van der Waals surface area contributed by atoms with Gasteiger partial charge in [-0.15, -0.1) is 0 Å². The zero-order valence-corrected chi connectivity index (χ0v) is 15.4. The second kappa shape index (κ2) is 7.41. The lowest BCUT2D eigenvalue weighted by Crippen LogP contribution is -2.27. The van der Waals surface area contributed by atoms with Gasteiger partial charge in [0.2, 0.25) is 0 Å². The molecule has 27 heavy (non-hydrogen) atoms. The average Bonchev–Trinajstić information content (AvgIpc) is 2.96. The summed E-state index contributed by atoms with van der Waals surface area (Å²) in [5, 5.41) is 15.3. The lowest BCUT2D eigenvalue weighted by atomic mass is 10.1. The molecule has 0 N–H and O–H groups in total. The molecule has 138 valence electrons. The first-order valence-corrected chi connectivity index (χ1v) is 8.49. The van der Waals surface area contributed by atoms with Crippen molar-refractivity contribution in [1.29, 1.82) is 0 Å². The minimum atomic E-state index is -0.446. The predicted molar refractivity (Wildman–Crippen MR) is 102 cm³/mol. The topological polar surface area (TPSA) is 81.3 Å².